The second-order valence-corrected chi connectivity index (χ2v) is 6.52. The number of nitrogens with zero attached hydrogens (tertiary/aromatic N) is 3. The monoisotopic (exact) mass is 305 g/mol. The van der Waals surface area contributed by atoms with Crippen LogP contribution in [-0.2, 0) is 22.6 Å². The molecule has 0 saturated carbocycles. The first-order valence-corrected chi connectivity index (χ1v) is 8.59. The van der Waals surface area contributed by atoms with Crippen molar-refractivity contribution in [1.29, 1.82) is 0 Å². The number of aromatic nitrogens is 2. The zero-order chi connectivity index (χ0) is 15.7. The van der Waals surface area contributed by atoms with Crippen LogP contribution in [0.15, 0.2) is 12.3 Å². The van der Waals surface area contributed by atoms with Crippen LogP contribution in [-0.4, -0.2) is 39.3 Å². The average Bonchev–Trinajstić information content (AvgIpc) is 3.22. The highest BCUT2D eigenvalue weighted by Gasteiger charge is 2.59. The van der Waals surface area contributed by atoms with E-state index in [0.29, 0.717) is 18.7 Å². The molecule has 1 aromatic heterocycles. The molecular weight excluding hydrogens is 278 g/mol. The second kappa shape index (κ2) is 6.03. The van der Waals surface area contributed by atoms with E-state index in [2.05, 4.69) is 29.9 Å². The molecule has 2 saturated heterocycles. The van der Waals surface area contributed by atoms with Crippen LogP contribution in [0.25, 0.3) is 0 Å². The third-order valence-corrected chi connectivity index (χ3v) is 5.56. The molecule has 0 spiro atoms. The number of ether oxygens (including phenoxy) is 1. The molecule has 0 amide bonds. The Hall–Kier alpha value is -1.36. The van der Waals surface area contributed by atoms with E-state index in [4.69, 9.17) is 4.74 Å². The fraction of sp³-hybridized carbons (Fsp3) is 0.765. The van der Waals surface area contributed by atoms with Gasteiger partial charge in [0.1, 0.15) is 0 Å². The molecule has 5 nitrogen and oxygen atoms in total. The number of carbonyl (C=O) groups is 1. The van der Waals surface area contributed by atoms with Gasteiger partial charge in [0.15, 0.2) is 0 Å². The molecule has 2 fully saturated rings. The molecule has 2 bridgehead atoms. The number of aryl methyl sites for hydroxylation is 1. The van der Waals surface area contributed by atoms with Gasteiger partial charge >= 0.3 is 5.97 Å². The first-order valence-electron chi connectivity index (χ1n) is 8.59. The predicted molar refractivity (Wildman–Crippen MR) is 84.2 cm³/mol. The first kappa shape index (κ1) is 15.5. The Morgan fingerprint density at radius 2 is 2.23 bits per heavy atom. The zero-order valence-corrected chi connectivity index (χ0v) is 13.9. The predicted octanol–water partition coefficient (Wildman–Crippen LogP) is 2.60. The summed E-state index contributed by atoms with van der Waals surface area (Å²) in [5.74, 6) is 0.00814. The summed E-state index contributed by atoms with van der Waals surface area (Å²) in [4.78, 5) is 15.1. The van der Waals surface area contributed by atoms with Gasteiger partial charge in [0.25, 0.3) is 0 Å². The Morgan fingerprint density at radius 1 is 1.41 bits per heavy atom. The van der Waals surface area contributed by atoms with E-state index in [1.54, 1.807) is 0 Å². The maximum atomic E-state index is 12.6. The standard InChI is InChI=1S/C17H27N3O2/c1-4-17(16(21)22-6-3)11-14-7-8-15(17)20(14)12-13-9-10-19(5-2)18-13/h9-10,14-15H,4-8,11-12H2,1-3H3/t14-,15+,17+/m1/s1. The van der Waals surface area contributed by atoms with Crippen molar-refractivity contribution in [2.75, 3.05) is 6.61 Å². The number of hydrogen-bond acceptors (Lipinski definition) is 4. The topological polar surface area (TPSA) is 47.4 Å². The quantitative estimate of drug-likeness (QED) is 0.758. The SMILES string of the molecule is CCOC(=O)[C@@]1(CC)C[C@H]2CC[C@@H]1N2Cc1ccn(CC)n1. The van der Waals surface area contributed by atoms with Crippen molar-refractivity contribution in [3.8, 4) is 0 Å². The lowest BCUT2D eigenvalue weighted by Crippen LogP contribution is -2.44. The average molecular weight is 305 g/mol. The van der Waals surface area contributed by atoms with E-state index < -0.39 is 0 Å². The molecular formula is C17H27N3O2. The van der Waals surface area contributed by atoms with Crippen molar-refractivity contribution in [1.82, 2.24) is 14.7 Å². The van der Waals surface area contributed by atoms with Gasteiger partial charge in [-0.25, -0.2) is 0 Å². The van der Waals surface area contributed by atoms with Crippen molar-refractivity contribution in [2.45, 2.75) is 71.6 Å². The molecule has 22 heavy (non-hydrogen) atoms. The van der Waals surface area contributed by atoms with Crippen molar-refractivity contribution in [3.05, 3.63) is 18.0 Å². The molecule has 1 aromatic rings. The van der Waals surface area contributed by atoms with Crippen LogP contribution < -0.4 is 0 Å². The van der Waals surface area contributed by atoms with E-state index in [-0.39, 0.29) is 11.4 Å². The molecule has 0 N–H and O–H groups in total. The van der Waals surface area contributed by atoms with Gasteiger partial charge in [0.2, 0.25) is 0 Å². The summed E-state index contributed by atoms with van der Waals surface area (Å²) in [6.07, 6.45) is 6.15. The third-order valence-electron chi connectivity index (χ3n) is 5.56. The summed E-state index contributed by atoms with van der Waals surface area (Å²) < 4.78 is 7.37. The Balaban J connectivity index is 1.78. The van der Waals surface area contributed by atoms with Gasteiger partial charge in [-0.3, -0.25) is 14.4 Å². The summed E-state index contributed by atoms with van der Waals surface area (Å²) >= 11 is 0. The van der Waals surface area contributed by atoms with Gasteiger partial charge in [0, 0.05) is 31.4 Å². The van der Waals surface area contributed by atoms with Crippen LogP contribution in [0, 0.1) is 5.41 Å². The van der Waals surface area contributed by atoms with E-state index in [1.807, 2.05) is 17.8 Å². The molecule has 0 radical (unpaired) electrons. The van der Waals surface area contributed by atoms with Gasteiger partial charge in [-0.2, -0.15) is 5.10 Å². The summed E-state index contributed by atoms with van der Waals surface area (Å²) in [6.45, 7) is 8.33. The Bertz CT molecular complexity index is 542. The first-order chi connectivity index (χ1) is 10.6. The molecule has 122 valence electrons. The highest BCUT2D eigenvalue weighted by Crippen LogP contribution is 2.52. The van der Waals surface area contributed by atoms with Crippen molar-refractivity contribution in [3.63, 3.8) is 0 Å². The van der Waals surface area contributed by atoms with E-state index >= 15 is 0 Å². The van der Waals surface area contributed by atoms with Gasteiger partial charge in [-0.1, -0.05) is 6.92 Å². The fourth-order valence-electron chi connectivity index (χ4n) is 4.41. The van der Waals surface area contributed by atoms with E-state index in [9.17, 15) is 4.79 Å². The van der Waals surface area contributed by atoms with Gasteiger partial charge in [-0.15, -0.1) is 0 Å². The lowest BCUT2D eigenvalue weighted by atomic mass is 9.72. The van der Waals surface area contributed by atoms with Crippen LogP contribution in [0.5, 0.6) is 0 Å². The van der Waals surface area contributed by atoms with Gasteiger partial charge in [-0.05, 0) is 45.6 Å². The minimum atomic E-state index is -0.299. The fourth-order valence-corrected chi connectivity index (χ4v) is 4.41. The highest BCUT2D eigenvalue weighted by molar-refractivity contribution is 5.78. The molecule has 2 aliphatic heterocycles. The Morgan fingerprint density at radius 3 is 2.86 bits per heavy atom. The maximum Gasteiger partial charge on any atom is 0.313 e. The van der Waals surface area contributed by atoms with Crippen LogP contribution in [0.2, 0.25) is 0 Å². The normalized spacial score (nSPS) is 30.9. The molecule has 5 heteroatoms. The third kappa shape index (κ3) is 2.35. The van der Waals surface area contributed by atoms with Crippen LogP contribution >= 0.6 is 0 Å². The number of hydrogen-bond donors (Lipinski definition) is 0. The van der Waals surface area contributed by atoms with E-state index in [1.165, 1.54) is 6.42 Å². The van der Waals surface area contributed by atoms with Gasteiger partial charge < -0.3 is 4.74 Å². The van der Waals surface area contributed by atoms with Crippen molar-refractivity contribution < 1.29 is 9.53 Å². The van der Waals surface area contributed by atoms with Crippen LogP contribution in [0.3, 0.4) is 0 Å². The summed E-state index contributed by atoms with van der Waals surface area (Å²) in [5.41, 5.74) is 0.807. The molecule has 3 rings (SSSR count). The Labute approximate surface area is 132 Å². The van der Waals surface area contributed by atoms with Crippen LogP contribution in [0.4, 0.5) is 0 Å². The minimum Gasteiger partial charge on any atom is -0.466 e. The lowest BCUT2D eigenvalue weighted by Gasteiger charge is -2.34. The van der Waals surface area contributed by atoms with Crippen LogP contribution in [0.1, 0.15) is 52.1 Å². The Kier molecular flexibility index (Phi) is 4.26. The summed E-state index contributed by atoms with van der Waals surface area (Å²) in [5, 5.41) is 4.60. The summed E-state index contributed by atoms with van der Waals surface area (Å²) in [7, 11) is 0. The molecule has 0 unspecified atom stereocenters. The zero-order valence-electron chi connectivity index (χ0n) is 13.9. The maximum absolute atomic E-state index is 12.6. The second-order valence-electron chi connectivity index (χ2n) is 6.52. The summed E-state index contributed by atoms with van der Waals surface area (Å²) in [6, 6.07) is 2.91. The minimum absolute atomic E-state index is 0.00814. The number of fused-ring (bicyclic) bond motifs is 2. The van der Waals surface area contributed by atoms with E-state index in [0.717, 1.165) is 38.0 Å². The number of esters is 1. The largest absolute Gasteiger partial charge is 0.466 e. The molecule has 3 atom stereocenters. The molecule has 0 aliphatic carbocycles. The number of rotatable bonds is 6. The molecule has 3 heterocycles. The van der Waals surface area contributed by atoms with Gasteiger partial charge in [0.05, 0.1) is 17.7 Å². The number of carbonyl (C=O) groups excluding carboxylic acids is 1. The molecule has 0 aromatic carbocycles. The smallest absolute Gasteiger partial charge is 0.313 e. The highest BCUT2D eigenvalue weighted by atomic mass is 16.5. The van der Waals surface area contributed by atoms with Crippen molar-refractivity contribution in [2.24, 2.45) is 5.41 Å². The lowest BCUT2D eigenvalue weighted by molar-refractivity contribution is -0.157. The molecule has 2 aliphatic rings. The van der Waals surface area contributed by atoms with Crippen molar-refractivity contribution >= 4 is 5.97 Å².